The molecular weight excluding hydrogens is 260 g/mol. The minimum atomic E-state index is -1.21. The van der Waals surface area contributed by atoms with Crippen LogP contribution in [-0.2, 0) is 19.1 Å². The molecule has 0 unspecified atom stereocenters. The monoisotopic (exact) mass is 278 g/mol. The van der Waals surface area contributed by atoms with Gasteiger partial charge in [-0.15, -0.1) is 0 Å². The van der Waals surface area contributed by atoms with Gasteiger partial charge in [-0.3, -0.25) is 4.79 Å². The van der Waals surface area contributed by atoms with Gasteiger partial charge in [0.05, 0.1) is 18.1 Å². The highest BCUT2D eigenvalue weighted by Gasteiger charge is 2.75. The second-order valence-electron chi connectivity index (χ2n) is 6.71. The molecule has 2 saturated heterocycles. The van der Waals surface area contributed by atoms with Crippen LogP contribution in [0.5, 0.6) is 0 Å². The highest BCUT2D eigenvalue weighted by Crippen LogP contribution is 2.61. The molecule has 4 fully saturated rings. The fourth-order valence-corrected chi connectivity index (χ4v) is 4.85. The third-order valence-corrected chi connectivity index (χ3v) is 6.10. The van der Waals surface area contributed by atoms with E-state index in [1.807, 2.05) is 0 Å². The van der Waals surface area contributed by atoms with Gasteiger partial charge in [0.25, 0.3) is 0 Å². The van der Waals surface area contributed by atoms with Crippen LogP contribution in [-0.4, -0.2) is 41.3 Å². The van der Waals surface area contributed by atoms with Gasteiger partial charge in [-0.2, -0.15) is 0 Å². The van der Waals surface area contributed by atoms with Crippen LogP contribution in [0.15, 0.2) is 12.2 Å². The van der Waals surface area contributed by atoms with Crippen molar-refractivity contribution in [3.8, 4) is 0 Å². The SMILES string of the molecule is C=C1C(=O)O[C@@H]2[C@H]1CC[C@H]1CO[C@@H]3CC(=O)[C@@]2(C)[C@]13O. The number of carbonyl (C=O) groups is 2. The predicted molar refractivity (Wildman–Crippen MR) is 67.7 cm³/mol. The van der Waals surface area contributed by atoms with Crippen LogP contribution in [0.4, 0.5) is 0 Å². The number of Topliss-reactive ketones (excluding diaryl/α,β-unsaturated/α-hetero) is 1. The molecule has 2 heterocycles. The van der Waals surface area contributed by atoms with Gasteiger partial charge in [0.1, 0.15) is 17.5 Å². The summed E-state index contributed by atoms with van der Waals surface area (Å²) in [7, 11) is 0. The van der Waals surface area contributed by atoms with Crippen LogP contribution < -0.4 is 0 Å². The minimum absolute atomic E-state index is 0.0610. The van der Waals surface area contributed by atoms with Crippen LogP contribution in [0.2, 0.25) is 0 Å². The van der Waals surface area contributed by atoms with Crippen LogP contribution in [0.3, 0.4) is 0 Å². The fourth-order valence-electron chi connectivity index (χ4n) is 4.85. The van der Waals surface area contributed by atoms with Gasteiger partial charge in [-0.05, 0) is 19.8 Å². The van der Waals surface area contributed by atoms with Crippen molar-refractivity contribution < 1.29 is 24.2 Å². The Morgan fingerprint density at radius 3 is 2.85 bits per heavy atom. The van der Waals surface area contributed by atoms with Gasteiger partial charge in [-0.1, -0.05) is 6.58 Å². The molecule has 0 aromatic rings. The Balaban J connectivity index is 1.90. The van der Waals surface area contributed by atoms with Crippen LogP contribution in [0, 0.1) is 17.3 Å². The molecule has 2 aliphatic carbocycles. The van der Waals surface area contributed by atoms with E-state index in [9.17, 15) is 14.7 Å². The van der Waals surface area contributed by atoms with E-state index in [0.717, 1.165) is 6.42 Å². The fraction of sp³-hybridized carbons (Fsp3) is 0.733. The number of hydrogen-bond donors (Lipinski definition) is 1. The van der Waals surface area contributed by atoms with Crippen LogP contribution >= 0.6 is 0 Å². The first-order valence-electron chi connectivity index (χ1n) is 7.17. The Morgan fingerprint density at radius 2 is 2.10 bits per heavy atom. The Morgan fingerprint density at radius 1 is 1.35 bits per heavy atom. The first-order chi connectivity index (χ1) is 9.40. The quantitative estimate of drug-likeness (QED) is 0.519. The lowest BCUT2D eigenvalue weighted by molar-refractivity contribution is -0.172. The summed E-state index contributed by atoms with van der Waals surface area (Å²) in [5.41, 5.74) is -1.85. The largest absolute Gasteiger partial charge is 0.457 e. The van der Waals surface area contributed by atoms with Gasteiger partial charge >= 0.3 is 5.97 Å². The molecule has 4 aliphatic rings. The number of esters is 1. The van der Waals surface area contributed by atoms with E-state index in [0.29, 0.717) is 18.6 Å². The molecule has 6 atom stereocenters. The van der Waals surface area contributed by atoms with Crippen molar-refractivity contribution in [2.24, 2.45) is 17.3 Å². The Bertz CT molecular complexity index is 540. The van der Waals surface area contributed by atoms with E-state index in [1.165, 1.54) is 0 Å². The Labute approximate surface area is 116 Å². The number of ketones is 1. The second-order valence-corrected chi connectivity index (χ2v) is 6.71. The molecule has 4 rings (SSSR count). The smallest absolute Gasteiger partial charge is 0.334 e. The van der Waals surface area contributed by atoms with Crippen molar-refractivity contribution in [1.82, 2.24) is 0 Å². The van der Waals surface area contributed by atoms with Crippen molar-refractivity contribution >= 4 is 11.8 Å². The van der Waals surface area contributed by atoms with E-state index in [1.54, 1.807) is 6.92 Å². The summed E-state index contributed by atoms with van der Waals surface area (Å²) < 4.78 is 11.1. The van der Waals surface area contributed by atoms with E-state index >= 15 is 0 Å². The lowest BCUT2D eigenvalue weighted by Gasteiger charge is -2.42. The highest BCUT2D eigenvalue weighted by molar-refractivity contribution is 5.95. The van der Waals surface area contributed by atoms with Gasteiger partial charge in [0.2, 0.25) is 0 Å². The standard InChI is InChI=1S/C15H18O5/c1-7-9-4-3-8-6-19-11-5-10(16)14(2,15(8,11)18)12(9)20-13(7)17/h8-9,11-12,18H,1,3-6H2,2H3/t8-,9-,11+,12+,14+,15-/m0/s1. The van der Waals surface area contributed by atoms with Crippen molar-refractivity contribution in [1.29, 1.82) is 0 Å². The Kier molecular flexibility index (Phi) is 2.20. The number of fused-ring (bicyclic) bond motifs is 2. The summed E-state index contributed by atoms with van der Waals surface area (Å²) in [6.45, 7) is 6.04. The van der Waals surface area contributed by atoms with Crippen LogP contribution in [0.25, 0.3) is 0 Å². The molecule has 5 heteroatoms. The molecule has 0 aromatic carbocycles. The van der Waals surface area contributed by atoms with Crippen molar-refractivity contribution in [2.45, 2.75) is 44.0 Å². The maximum atomic E-state index is 12.6. The second kappa shape index (κ2) is 3.52. The van der Waals surface area contributed by atoms with Gasteiger partial charge < -0.3 is 14.6 Å². The zero-order valence-corrected chi connectivity index (χ0v) is 11.4. The zero-order valence-electron chi connectivity index (χ0n) is 11.4. The van der Waals surface area contributed by atoms with E-state index in [2.05, 4.69) is 6.58 Å². The molecule has 2 saturated carbocycles. The third kappa shape index (κ3) is 1.10. The number of rotatable bonds is 0. The molecule has 108 valence electrons. The molecule has 20 heavy (non-hydrogen) atoms. The number of ether oxygens (including phenoxy) is 2. The van der Waals surface area contributed by atoms with Crippen LogP contribution in [0.1, 0.15) is 26.2 Å². The summed E-state index contributed by atoms with van der Waals surface area (Å²) in [5.74, 6) is -0.724. The topological polar surface area (TPSA) is 72.8 Å². The Hall–Kier alpha value is -1.20. The molecule has 0 bridgehead atoms. The highest BCUT2D eigenvalue weighted by atomic mass is 16.6. The average Bonchev–Trinajstić information content (AvgIpc) is 2.91. The first kappa shape index (κ1) is 12.5. The summed E-state index contributed by atoms with van der Waals surface area (Å²) in [5, 5.41) is 11.3. The van der Waals surface area contributed by atoms with Gasteiger partial charge in [-0.25, -0.2) is 4.79 Å². The van der Waals surface area contributed by atoms with E-state index < -0.39 is 29.2 Å². The van der Waals surface area contributed by atoms with Crippen molar-refractivity contribution in [2.75, 3.05) is 6.61 Å². The molecule has 1 N–H and O–H groups in total. The lowest BCUT2D eigenvalue weighted by Crippen LogP contribution is -2.58. The summed E-state index contributed by atoms with van der Waals surface area (Å²) in [6, 6.07) is 0. The molecule has 0 amide bonds. The van der Waals surface area contributed by atoms with Crippen molar-refractivity contribution in [3.63, 3.8) is 0 Å². The van der Waals surface area contributed by atoms with Gasteiger partial charge in [0.15, 0.2) is 0 Å². The molecule has 5 nitrogen and oxygen atoms in total. The average molecular weight is 278 g/mol. The molecule has 0 aromatic heterocycles. The van der Waals surface area contributed by atoms with Crippen molar-refractivity contribution in [3.05, 3.63) is 12.2 Å². The maximum absolute atomic E-state index is 12.6. The number of hydrogen-bond acceptors (Lipinski definition) is 5. The maximum Gasteiger partial charge on any atom is 0.334 e. The van der Waals surface area contributed by atoms with E-state index in [-0.39, 0.29) is 24.0 Å². The molecular formula is C15H18O5. The summed E-state index contributed by atoms with van der Waals surface area (Å²) in [6.07, 6.45) is 0.581. The predicted octanol–water partition coefficient (Wildman–Crippen LogP) is 0.603. The molecule has 0 spiro atoms. The first-order valence-corrected chi connectivity index (χ1v) is 7.17. The number of carbonyl (C=O) groups excluding carboxylic acids is 2. The normalized spacial score (nSPS) is 53.6. The molecule has 2 aliphatic heterocycles. The summed E-state index contributed by atoms with van der Waals surface area (Å²) in [4.78, 5) is 24.4. The zero-order chi connectivity index (χ0) is 14.3. The summed E-state index contributed by atoms with van der Waals surface area (Å²) >= 11 is 0. The molecule has 0 radical (unpaired) electrons. The third-order valence-electron chi connectivity index (χ3n) is 6.10. The number of aliphatic hydroxyl groups is 1. The minimum Gasteiger partial charge on any atom is -0.457 e. The lowest BCUT2D eigenvalue weighted by atomic mass is 9.65. The van der Waals surface area contributed by atoms with Gasteiger partial charge in [0, 0.05) is 23.8 Å². The van der Waals surface area contributed by atoms with E-state index in [4.69, 9.17) is 9.47 Å².